The molecule has 0 aromatic heterocycles. The summed E-state index contributed by atoms with van der Waals surface area (Å²) in [5.41, 5.74) is 0.891. The number of piperazine rings is 1. The molecule has 1 aromatic carbocycles. The van der Waals surface area contributed by atoms with Crippen molar-refractivity contribution in [1.82, 2.24) is 9.80 Å². The monoisotopic (exact) mass is 402 g/mol. The van der Waals surface area contributed by atoms with Crippen LogP contribution >= 0.6 is 11.6 Å². The highest BCUT2D eigenvalue weighted by Gasteiger charge is 2.45. The molecule has 0 N–H and O–H groups in total. The number of benzene rings is 1. The van der Waals surface area contributed by atoms with Gasteiger partial charge < -0.3 is 9.80 Å². The normalized spacial score (nSPS) is 30.0. The molecule has 1 unspecified atom stereocenters. The predicted molar refractivity (Wildman–Crippen MR) is 111 cm³/mol. The summed E-state index contributed by atoms with van der Waals surface area (Å²) in [5.74, 6) is 0.940. The second-order valence-electron chi connectivity index (χ2n) is 8.93. The smallest absolute Gasteiger partial charge is 0.250 e. The van der Waals surface area contributed by atoms with Crippen LogP contribution in [0.5, 0.6) is 0 Å². The van der Waals surface area contributed by atoms with Crippen LogP contribution in [-0.2, 0) is 9.59 Å². The minimum absolute atomic E-state index is 0.104. The molecule has 2 amide bonds. The third-order valence-corrected chi connectivity index (χ3v) is 7.22. The summed E-state index contributed by atoms with van der Waals surface area (Å²) in [5, 5.41) is 0.653. The van der Waals surface area contributed by atoms with Crippen LogP contribution in [0.2, 0.25) is 5.02 Å². The van der Waals surface area contributed by atoms with E-state index >= 15 is 0 Å². The molecule has 1 saturated heterocycles. The highest BCUT2D eigenvalue weighted by atomic mass is 35.5. The van der Waals surface area contributed by atoms with Crippen LogP contribution in [0, 0.1) is 5.92 Å². The lowest BCUT2D eigenvalue weighted by molar-refractivity contribution is -0.162. The number of carbonyl (C=O) groups excluding carboxylic acids is 2. The van der Waals surface area contributed by atoms with E-state index in [0.717, 1.165) is 62.8 Å². The fourth-order valence-electron chi connectivity index (χ4n) is 5.31. The Hall–Kier alpha value is -1.55. The van der Waals surface area contributed by atoms with Crippen molar-refractivity contribution in [3.63, 3.8) is 0 Å². The minimum atomic E-state index is -0.499. The number of halogens is 1. The van der Waals surface area contributed by atoms with Gasteiger partial charge in [-0.2, -0.15) is 0 Å². The lowest BCUT2D eigenvalue weighted by Gasteiger charge is -2.48. The fourth-order valence-corrected chi connectivity index (χ4v) is 5.44. The van der Waals surface area contributed by atoms with Crippen LogP contribution < -0.4 is 0 Å². The van der Waals surface area contributed by atoms with Crippen LogP contribution in [0.15, 0.2) is 24.3 Å². The van der Waals surface area contributed by atoms with Crippen molar-refractivity contribution in [2.75, 3.05) is 6.54 Å². The zero-order valence-electron chi connectivity index (χ0n) is 16.8. The Morgan fingerprint density at radius 3 is 2.14 bits per heavy atom. The molecular weight excluding hydrogens is 372 g/mol. The summed E-state index contributed by atoms with van der Waals surface area (Å²) in [6, 6.07) is 7.38. The Morgan fingerprint density at radius 1 is 0.857 bits per heavy atom. The van der Waals surface area contributed by atoms with Gasteiger partial charge in [-0.05, 0) is 62.1 Å². The number of nitrogens with zero attached hydrogens (tertiary/aromatic N) is 2. The first kappa shape index (κ1) is 19.8. The van der Waals surface area contributed by atoms with Crippen LogP contribution in [0.4, 0.5) is 0 Å². The molecule has 4 rings (SSSR count). The van der Waals surface area contributed by atoms with Crippen molar-refractivity contribution in [2.24, 2.45) is 5.92 Å². The third-order valence-electron chi connectivity index (χ3n) is 6.97. The van der Waals surface area contributed by atoms with Gasteiger partial charge in [0.15, 0.2) is 0 Å². The van der Waals surface area contributed by atoms with Gasteiger partial charge in [-0.1, -0.05) is 49.9 Å². The lowest BCUT2D eigenvalue weighted by Crippen LogP contribution is -2.61. The summed E-state index contributed by atoms with van der Waals surface area (Å²) in [4.78, 5) is 30.8. The standard InChI is InChI=1S/C23H31ClN2O2/c1-16-7-13-19(14-8-16)25-15-21(27)26(20-5-3-2-4-6-20)22(23(25)28)17-9-11-18(24)12-10-17/h9-12,16,19-20,22H,2-8,13-15H2,1H3. The summed E-state index contributed by atoms with van der Waals surface area (Å²) in [6.07, 6.45) is 9.81. The van der Waals surface area contributed by atoms with Gasteiger partial charge in [-0.25, -0.2) is 0 Å². The van der Waals surface area contributed by atoms with Crippen LogP contribution in [-0.4, -0.2) is 40.2 Å². The van der Waals surface area contributed by atoms with Gasteiger partial charge in [-0.15, -0.1) is 0 Å². The molecule has 0 radical (unpaired) electrons. The van der Waals surface area contributed by atoms with Crippen molar-refractivity contribution in [3.8, 4) is 0 Å². The number of hydrogen-bond acceptors (Lipinski definition) is 2. The Bertz CT molecular complexity index is 706. The second-order valence-corrected chi connectivity index (χ2v) is 9.36. The average Bonchev–Trinajstić information content (AvgIpc) is 2.71. The van der Waals surface area contributed by atoms with Crippen molar-refractivity contribution in [3.05, 3.63) is 34.9 Å². The molecule has 3 aliphatic rings. The second kappa shape index (κ2) is 8.44. The maximum atomic E-state index is 13.7. The Morgan fingerprint density at radius 2 is 1.50 bits per heavy atom. The minimum Gasteiger partial charge on any atom is -0.328 e. The number of carbonyl (C=O) groups is 2. The van der Waals surface area contributed by atoms with Crippen molar-refractivity contribution in [1.29, 1.82) is 0 Å². The molecule has 1 heterocycles. The molecule has 2 saturated carbocycles. The van der Waals surface area contributed by atoms with Crippen LogP contribution in [0.25, 0.3) is 0 Å². The highest BCUT2D eigenvalue weighted by Crippen LogP contribution is 2.37. The van der Waals surface area contributed by atoms with Crippen molar-refractivity contribution >= 4 is 23.4 Å². The molecule has 0 spiro atoms. The van der Waals surface area contributed by atoms with Gasteiger partial charge in [0.1, 0.15) is 12.6 Å². The van der Waals surface area contributed by atoms with E-state index in [0.29, 0.717) is 5.02 Å². The third kappa shape index (κ3) is 3.94. The molecule has 1 atom stereocenters. The first-order chi connectivity index (χ1) is 13.5. The zero-order chi connectivity index (χ0) is 19.7. The van der Waals surface area contributed by atoms with Crippen molar-refractivity contribution in [2.45, 2.75) is 82.8 Å². The molecular formula is C23H31ClN2O2. The van der Waals surface area contributed by atoms with Gasteiger partial charge in [0.05, 0.1) is 0 Å². The maximum absolute atomic E-state index is 13.7. The zero-order valence-corrected chi connectivity index (χ0v) is 17.5. The predicted octanol–water partition coefficient (Wildman–Crippen LogP) is 4.96. The number of amides is 2. The van der Waals surface area contributed by atoms with E-state index in [9.17, 15) is 9.59 Å². The summed E-state index contributed by atoms with van der Waals surface area (Å²) in [6.45, 7) is 2.53. The molecule has 4 nitrogen and oxygen atoms in total. The number of rotatable bonds is 3. The maximum Gasteiger partial charge on any atom is 0.250 e. The van der Waals surface area contributed by atoms with E-state index in [1.165, 1.54) is 6.42 Å². The van der Waals surface area contributed by atoms with Crippen molar-refractivity contribution < 1.29 is 9.59 Å². The SMILES string of the molecule is CC1CCC(N2CC(=O)N(C3CCCCC3)C(c3ccc(Cl)cc3)C2=O)CC1. The van der Waals surface area contributed by atoms with E-state index in [-0.39, 0.29) is 30.4 Å². The van der Waals surface area contributed by atoms with Gasteiger partial charge in [0.25, 0.3) is 5.91 Å². The molecule has 2 aliphatic carbocycles. The first-order valence-electron chi connectivity index (χ1n) is 10.9. The Balaban J connectivity index is 1.64. The highest BCUT2D eigenvalue weighted by molar-refractivity contribution is 6.30. The fraction of sp³-hybridized carbons (Fsp3) is 0.652. The Kier molecular flexibility index (Phi) is 5.96. The van der Waals surface area contributed by atoms with E-state index in [1.54, 1.807) is 0 Å². The van der Waals surface area contributed by atoms with Gasteiger partial charge in [0.2, 0.25) is 5.91 Å². The molecule has 152 valence electrons. The average molecular weight is 403 g/mol. The molecule has 28 heavy (non-hydrogen) atoms. The number of hydrogen-bond donors (Lipinski definition) is 0. The molecule has 5 heteroatoms. The molecule has 0 bridgehead atoms. The molecule has 1 aliphatic heterocycles. The van der Waals surface area contributed by atoms with Crippen LogP contribution in [0.1, 0.15) is 76.3 Å². The topological polar surface area (TPSA) is 40.6 Å². The van der Waals surface area contributed by atoms with Gasteiger partial charge in [0, 0.05) is 17.1 Å². The summed E-state index contributed by atoms with van der Waals surface area (Å²) in [7, 11) is 0. The summed E-state index contributed by atoms with van der Waals surface area (Å²) >= 11 is 6.09. The quantitative estimate of drug-likeness (QED) is 0.716. The first-order valence-corrected chi connectivity index (χ1v) is 11.3. The van der Waals surface area contributed by atoms with Gasteiger partial charge in [-0.3, -0.25) is 9.59 Å². The molecule has 1 aromatic rings. The van der Waals surface area contributed by atoms with E-state index in [2.05, 4.69) is 6.92 Å². The van der Waals surface area contributed by atoms with E-state index < -0.39 is 6.04 Å². The summed E-state index contributed by atoms with van der Waals surface area (Å²) < 4.78 is 0. The Labute approximate surface area is 173 Å². The lowest BCUT2D eigenvalue weighted by atomic mass is 9.85. The largest absolute Gasteiger partial charge is 0.328 e. The molecule has 3 fully saturated rings. The van der Waals surface area contributed by atoms with Crippen LogP contribution in [0.3, 0.4) is 0 Å². The van der Waals surface area contributed by atoms with E-state index in [4.69, 9.17) is 11.6 Å². The van der Waals surface area contributed by atoms with E-state index in [1.807, 2.05) is 34.1 Å². The van der Waals surface area contributed by atoms with Gasteiger partial charge >= 0.3 is 0 Å².